The van der Waals surface area contributed by atoms with Gasteiger partial charge in [0, 0.05) is 0 Å². The van der Waals surface area contributed by atoms with Gasteiger partial charge in [0.05, 0.1) is 0 Å². The van der Waals surface area contributed by atoms with Gasteiger partial charge in [-0.15, -0.1) is 0 Å². The van der Waals surface area contributed by atoms with Crippen molar-refractivity contribution in [2.45, 2.75) is 0 Å². The van der Waals surface area contributed by atoms with Gasteiger partial charge in [0.25, 0.3) is 0 Å². The molecule has 5 nitrogen and oxygen atoms in total. The van der Waals surface area contributed by atoms with E-state index in [1.165, 1.54) is 6.34 Å². The Hall–Kier alpha value is -2.13. The first kappa shape index (κ1) is 14.5. The summed E-state index contributed by atoms with van der Waals surface area (Å²) in [6.07, 6.45) is 5.11. The molecule has 3 aromatic rings. The summed E-state index contributed by atoms with van der Waals surface area (Å²) in [5.41, 5.74) is 10.3. The van der Waals surface area contributed by atoms with Gasteiger partial charge < -0.3 is 5.73 Å². The maximum atomic E-state index is 5.29. The predicted molar refractivity (Wildman–Crippen MR) is 90.9 cm³/mol. The van der Waals surface area contributed by atoms with Crippen LogP contribution < -0.4 is 27.2 Å². The molecule has 1 aliphatic rings. The summed E-state index contributed by atoms with van der Waals surface area (Å²) in [5.74, 6) is 0.596. The van der Waals surface area contributed by atoms with Gasteiger partial charge in [-0.05, 0) is 0 Å². The van der Waals surface area contributed by atoms with Gasteiger partial charge in [-0.2, -0.15) is 0 Å². The van der Waals surface area contributed by atoms with E-state index in [1.807, 2.05) is 18.2 Å². The van der Waals surface area contributed by atoms with E-state index >= 15 is 0 Å². The number of aliphatic imine (C=N–C) groups is 1. The minimum absolute atomic E-state index is 0.180. The van der Waals surface area contributed by atoms with Gasteiger partial charge in [0.2, 0.25) is 0 Å². The molecule has 2 N–H and O–H groups in total. The van der Waals surface area contributed by atoms with E-state index in [1.54, 1.807) is 17.5 Å². The monoisotopic (exact) mass is 432 g/mol. The summed E-state index contributed by atoms with van der Waals surface area (Å²) in [5, 5.41) is 2.11. The van der Waals surface area contributed by atoms with E-state index in [2.05, 4.69) is 34.8 Å². The second-order valence-corrected chi connectivity index (χ2v) is 7.41. The average Bonchev–Trinajstić information content (AvgIpc) is 3.25. The summed E-state index contributed by atoms with van der Waals surface area (Å²) >= 11 is 1.50. The Balaban J connectivity index is 1.80. The van der Waals surface area contributed by atoms with Crippen LogP contribution in [-0.2, 0) is 0 Å². The predicted octanol–water partition coefficient (Wildman–Crippen LogP) is 0.297. The molecule has 0 fully saturated rings. The van der Waals surface area contributed by atoms with Gasteiger partial charge >= 0.3 is 142 Å². The normalized spacial score (nSPS) is 14.3. The molecule has 0 unspecified atom stereocenters. The van der Waals surface area contributed by atoms with Crippen LogP contribution in [0.2, 0.25) is 0 Å². The van der Waals surface area contributed by atoms with Crippen molar-refractivity contribution in [2.24, 2.45) is 13.9 Å². The fraction of sp³-hybridized carbons (Fsp3) is 0. The molecule has 4 rings (SSSR count). The summed E-state index contributed by atoms with van der Waals surface area (Å²) in [6.45, 7) is 0. The van der Waals surface area contributed by atoms with Gasteiger partial charge in [-0.25, -0.2) is 0 Å². The molecule has 1 aliphatic heterocycles. The summed E-state index contributed by atoms with van der Waals surface area (Å²) < 4.78 is 7.85. The van der Waals surface area contributed by atoms with Crippen LogP contribution in [0.1, 0.15) is 5.69 Å². The molecule has 0 saturated carbocycles. The molecule has 0 aliphatic carbocycles. The second kappa shape index (κ2) is 6.17. The average molecular weight is 432 g/mol. The van der Waals surface area contributed by atoms with Crippen LogP contribution in [0.15, 0.2) is 54.2 Å². The number of thiophene rings is 1. The van der Waals surface area contributed by atoms with Crippen LogP contribution >= 0.6 is 11.3 Å². The Morgan fingerprint density at radius 2 is 2.17 bits per heavy atom. The van der Waals surface area contributed by atoms with E-state index in [9.17, 15) is 0 Å². The van der Waals surface area contributed by atoms with Crippen molar-refractivity contribution in [2.75, 3.05) is 0 Å². The fourth-order valence-electron chi connectivity index (χ4n) is 2.28. The molecular formula is C16H11IN5S-. The third kappa shape index (κ3) is 2.77. The molecular weight excluding hydrogens is 421 g/mol. The molecule has 4 heterocycles. The molecule has 0 radical (unpaired) electrons. The van der Waals surface area contributed by atoms with Crippen molar-refractivity contribution in [1.29, 1.82) is 0 Å². The van der Waals surface area contributed by atoms with E-state index in [0.717, 1.165) is 32.7 Å². The number of hydrogen-bond acceptors (Lipinski definition) is 5. The summed E-state index contributed by atoms with van der Waals surface area (Å²) in [6, 6.07) is 7.99. The Labute approximate surface area is 147 Å². The topological polar surface area (TPSA) is 76.5 Å². The second-order valence-electron chi connectivity index (χ2n) is 4.74. The van der Waals surface area contributed by atoms with Gasteiger partial charge in [0.1, 0.15) is 0 Å². The molecule has 0 atom stereocenters. The summed E-state index contributed by atoms with van der Waals surface area (Å²) in [7, 11) is 0. The van der Waals surface area contributed by atoms with Crippen molar-refractivity contribution in [3.8, 4) is 11.1 Å². The Bertz CT molecular complexity index is 956. The van der Waals surface area contributed by atoms with Crippen molar-refractivity contribution in [1.82, 2.24) is 9.97 Å². The number of rotatable bonds is 3. The molecule has 0 amide bonds. The molecule has 23 heavy (non-hydrogen) atoms. The van der Waals surface area contributed by atoms with Crippen molar-refractivity contribution >= 4 is 39.4 Å². The molecule has 0 aromatic carbocycles. The van der Waals surface area contributed by atoms with Gasteiger partial charge in [-0.3, -0.25) is 0 Å². The van der Waals surface area contributed by atoms with Crippen LogP contribution in [0.25, 0.3) is 21.3 Å². The number of hydrogen-bond donors (Lipinski definition) is 1. The zero-order chi connectivity index (χ0) is 15.6. The molecule has 114 valence electrons. The third-order valence-corrected chi connectivity index (χ3v) is 5.78. The fourth-order valence-corrected chi connectivity index (χ4v) is 4.56. The zero-order valence-corrected chi connectivity index (χ0v) is 14.8. The van der Waals surface area contributed by atoms with E-state index in [-0.39, 0.29) is 21.5 Å². The SMILES string of the molecule is NC=Nc1ccc(-c2csc3ccc(C4=N[I-]C=C4)nc23)cn1. The third-order valence-electron chi connectivity index (χ3n) is 3.36. The van der Waals surface area contributed by atoms with Crippen LogP contribution in [0.4, 0.5) is 5.82 Å². The molecule has 0 bridgehead atoms. The number of nitrogens with zero attached hydrogens (tertiary/aromatic N) is 4. The first-order chi connectivity index (χ1) is 11.3. The van der Waals surface area contributed by atoms with Crippen LogP contribution in [0.5, 0.6) is 0 Å². The van der Waals surface area contributed by atoms with E-state index < -0.39 is 0 Å². The maximum absolute atomic E-state index is 5.29. The number of halogens is 1. The van der Waals surface area contributed by atoms with Crippen LogP contribution in [0.3, 0.4) is 0 Å². The summed E-state index contributed by atoms with van der Waals surface area (Å²) in [4.78, 5) is 13.1. The molecule has 0 spiro atoms. The quantitative estimate of drug-likeness (QED) is 0.368. The number of pyridine rings is 2. The number of fused-ring (bicyclic) bond motifs is 1. The minimum atomic E-state index is -0.180. The van der Waals surface area contributed by atoms with Gasteiger partial charge in [-0.1, -0.05) is 0 Å². The van der Waals surface area contributed by atoms with Crippen molar-refractivity contribution in [3.05, 3.63) is 51.7 Å². The molecule has 7 heteroatoms. The first-order valence-corrected chi connectivity index (χ1v) is 9.91. The molecule has 0 saturated heterocycles. The standard InChI is InChI=1S/C16H11IN5S/c18-9-20-15-4-1-10(7-19-15)11-8-23-14-3-2-12(21-16(11)14)13-5-6-17-22-13/h1-9H,(H2,18,19,20)/q-1. The Morgan fingerprint density at radius 1 is 1.22 bits per heavy atom. The van der Waals surface area contributed by atoms with Crippen LogP contribution in [0, 0.1) is 0 Å². The number of nitrogens with two attached hydrogens (primary N) is 1. The Morgan fingerprint density at radius 3 is 2.91 bits per heavy atom. The van der Waals surface area contributed by atoms with Gasteiger partial charge in [0.15, 0.2) is 0 Å². The number of aromatic nitrogens is 2. The van der Waals surface area contributed by atoms with Crippen molar-refractivity contribution < 1.29 is 21.5 Å². The molecule has 3 aromatic heterocycles. The first-order valence-electron chi connectivity index (χ1n) is 6.82. The van der Waals surface area contributed by atoms with Crippen LogP contribution in [-0.4, -0.2) is 22.0 Å². The van der Waals surface area contributed by atoms with E-state index in [0.29, 0.717) is 5.82 Å². The number of allylic oxidation sites excluding steroid dienone is 1. The Kier molecular flexibility index (Phi) is 3.88. The van der Waals surface area contributed by atoms with Crippen molar-refractivity contribution in [3.63, 3.8) is 0 Å². The zero-order valence-electron chi connectivity index (χ0n) is 11.8. The van der Waals surface area contributed by atoms with E-state index in [4.69, 9.17) is 10.7 Å².